The molecule has 1 aromatic rings. The summed E-state index contributed by atoms with van der Waals surface area (Å²) in [4.78, 5) is 25.8. The summed E-state index contributed by atoms with van der Waals surface area (Å²) in [6.45, 7) is 3.06. The second-order valence-corrected chi connectivity index (χ2v) is 8.96. The topological polar surface area (TPSA) is 92.8 Å². The Hall–Kier alpha value is -2.09. The van der Waals surface area contributed by atoms with Crippen molar-refractivity contribution in [3.05, 3.63) is 35.9 Å². The standard InChI is InChI=1S/C19H28N2O5S/c1-2-12-21(17-10-13-27(24,25)15-17)18(22)9-6-11-20-19(23)26-14-16-7-4-3-5-8-16/h3-5,7-8,17H,2,6,9-15H2,1H3,(H,20,23). The number of carbonyl (C=O) groups excluding carboxylic acids is 2. The van der Waals surface area contributed by atoms with Gasteiger partial charge in [-0.15, -0.1) is 0 Å². The first-order valence-corrected chi connectivity index (χ1v) is 11.2. The number of amides is 2. The summed E-state index contributed by atoms with van der Waals surface area (Å²) in [6, 6.07) is 9.17. The summed E-state index contributed by atoms with van der Waals surface area (Å²) in [5.41, 5.74) is 0.907. The van der Waals surface area contributed by atoms with Gasteiger partial charge in [0.15, 0.2) is 9.84 Å². The van der Waals surface area contributed by atoms with E-state index in [1.807, 2.05) is 37.3 Å². The third-order valence-electron chi connectivity index (χ3n) is 4.48. The molecule has 1 aromatic carbocycles. The molecule has 1 saturated heterocycles. The number of hydrogen-bond acceptors (Lipinski definition) is 5. The second kappa shape index (κ2) is 10.3. The van der Waals surface area contributed by atoms with E-state index in [1.165, 1.54) is 0 Å². The van der Waals surface area contributed by atoms with Crippen molar-refractivity contribution < 1.29 is 22.7 Å². The molecule has 0 saturated carbocycles. The minimum Gasteiger partial charge on any atom is -0.445 e. The molecule has 0 aliphatic carbocycles. The Morgan fingerprint density at radius 1 is 1.26 bits per heavy atom. The van der Waals surface area contributed by atoms with Gasteiger partial charge in [-0.3, -0.25) is 4.79 Å². The monoisotopic (exact) mass is 396 g/mol. The van der Waals surface area contributed by atoms with Crippen LogP contribution in [0.3, 0.4) is 0 Å². The molecule has 1 fully saturated rings. The molecule has 1 heterocycles. The maximum Gasteiger partial charge on any atom is 0.407 e. The van der Waals surface area contributed by atoms with E-state index in [9.17, 15) is 18.0 Å². The van der Waals surface area contributed by atoms with Crippen molar-refractivity contribution >= 4 is 21.8 Å². The molecular weight excluding hydrogens is 368 g/mol. The van der Waals surface area contributed by atoms with Gasteiger partial charge in [-0.25, -0.2) is 13.2 Å². The Bertz CT molecular complexity index is 721. The maximum absolute atomic E-state index is 12.5. The van der Waals surface area contributed by atoms with Gasteiger partial charge in [0.2, 0.25) is 5.91 Å². The zero-order valence-electron chi connectivity index (χ0n) is 15.7. The van der Waals surface area contributed by atoms with E-state index in [0.717, 1.165) is 12.0 Å². The summed E-state index contributed by atoms with van der Waals surface area (Å²) in [5.74, 6) is 0.154. The van der Waals surface area contributed by atoms with Crippen LogP contribution in [0, 0.1) is 0 Å². The zero-order valence-corrected chi connectivity index (χ0v) is 16.5. The van der Waals surface area contributed by atoms with Crippen LogP contribution in [0.4, 0.5) is 4.79 Å². The van der Waals surface area contributed by atoms with Gasteiger partial charge in [-0.1, -0.05) is 37.3 Å². The molecule has 0 radical (unpaired) electrons. The van der Waals surface area contributed by atoms with E-state index in [1.54, 1.807) is 4.90 Å². The summed E-state index contributed by atoms with van der Waals surface area (Å²) < 4.78 is 28.5. The third kappa shape index (κ3) is 7.21. The molecular formula is C19H28N2O5S. The highest BCUT2D eigenvalue weighted by molar-refractivity contribution is 7.91. The first kappa shape index (κ1) is 21.2. The number of nitrogens with zero attached hydrogens (tertiary/aromatic N) is 1. The zero-order chi connectivity index (χ0) is 19.7. The summed E-state index contributed by atoms with van der Waals surface area (Å²) in [6.07, 6.45) is 1.54. The molecule has 1 unspecified atom stereocenters. The smallest absolute Gasteiger partial charge is 0.407 e. The molecule has 2 rings (SSSR count). The number of sulfone groups is 1. The molecule has 27 heavy (non-hydrogen) atoms. The third-order valence-corrected chi connectivity index (χ3v) is 6.23. The minimum atomic E-state index is -3.03. The normalized spacial score (nSPS) is 18.0. The van der Waals surface area contributed by atoms with Crippen LogP contribution in [0.2, 0.25) is 0 Å². The lowest BCUT2D eigenvalue weighted by molar-refractivity contribution is -0.133. The number of ether oxygens (including phenoxy) is 1. The van der Waals surface area contributed by atoms with Crippen LogP contribution < -0.4 is 5.32 Å². The first-order chi connectivity index (χ1) is 12.9. The number of carbonyl (C=O) groups is 2. The van der Waals surface area contributed by atoms with Gasteiger partial charge in [0, 0.05) is 25.6 Å². The van der Waals surface area contributed by atoms with Crippen molar-refractivity contribution in [2.75, 3.05) is 24.6 Å². The maximum atomic E-state index is 12.5. The van der Waals surface area contributed by atoms with Gasteiger partial charge in [-0.05, 0) is 24.8 Å². The van der Waals surface area contributed by atoms with Crippen molar-refractivity contribution in [3.8, 4) is 0 Å². The fourth-order valence-corrected chi connectivity index (χ4v) is 4.85. The Morgan fingerprint density at radius 2 is 2.00 bits per heavy atom. The SMILES string of the molecule is CCCN(C(=O)CCCNC(=O)OCc1ccccc1)C1CCS(=O)(=O)C1. The molecule has 1 aliphatic heterocycles. The Labute approximate surface area is 161 Å². The number of nitrogens with one attached hydrogen (secondary N) is 1. The van der Waals surface area contributed by atoms with Crippen LogP contribution in [-0.2, 0) is 26.0 Å². The van der Waals surface area contributed by atoms with E-state index in [0.29, 0.717) is 25.9 Å². The summed E-state index contributed by atoms with van der Waals surface area (Å²) >= 11 is 0. The lowest BCUT2D eigenvalue weighted by Gasteiger charge is -2.28. The average Bonchev–Trinajstić information content (AvgIpc) is 3.01. The van der Waals surface area contributed by atoms with Gasteiger partial charge in [0.25, 0.3) is 0 Å². The van der Waals surface area contributed by atoms with Crippen molar-refractivity contribution in [1.29, 1.82) is 0 Å². The predicted molar refractivity (Wildman–Crippen MR) is 103 cm³/mol. The quantitative estimate of drug-likeness (QED) is 0.646. The minimum absolute atomic E-state index is 0.0570. The first-order valence-electron chi connectivity index (χ1n) is 9.35. The van der Waals surface area contributed by atoms with Gasteiger partial charge in [-0.2, -0.15) is 0 Å². The molecule has 1 aliphatic rings. The fraction of sp³-hybridized carbons (Fsp3) is 0.579. The highest BCUT2D eigenvalue weighted by Crippen LogP contribution is 2.19. The molecule has 7 nitrogen and oxygen atoms in total. The highest BCUT2D eigenvalue weighted by atomic mass is 32.2. The summed E-state index contributed by atoms with van der Waals surface area (Å²) in [5, 5.41) is 2.63. The van der Waals surface area contributed by atoms with Gasteiger partial charge >= 0.3 is 6.09 Å². The van der Waals surface area contributed by atoms with Crippen molar-refractivity contribution in [3.63, 3.8) is 0 Å². The molecule has 0 aromatic heterocycles. The van der Waals surface area contributed by atoms with Crippen molar-refractivity contribution in [2.45, 2.75) is 45.3 Å². The molecule has 0 spiro atoms. The van der Waals surface area contributed by atoms with E-state index < -0.39 is 15.9 Å². The second-order valence-electron chi connectivity index (χ2n) is 6.74. The van der Waals surface area contributed by atoms with E-state index in [2.05, 4.69) is 5.32 Å². The van der Waals surface area contributed by atoms with Crippen LogP contribution >= 0.6 is 0 Å². The molecule has 1 N–H and O–H groups in total. The van der Waals surface area contributed by atoms with Crippen molar-refractivity contribution in [2.24, 2.45) is 0 Å². The average molecular weight is 397 g/mol. The number of alkyl carbamates (subject to hydrolysis) is 1. The van der Waals surface area contributed by atoms with Crippen LogP contribution in [0.25, 0.3) is 0 Å². The number of hydrogen-bond donors (Lipinski definition) is 1. The molecule has 2 amide bonds. The summed E-state index contributed by atoms with van der Waals surface area (Å²) in [7, 11) is -3.03. The Morgan fingerprint density at radius 3 is 2.63 bits per heavy atom. The highest BCUT2D eigenvalue weighted by Gasteiger charge is 2.33. The molecule has 1 atom stereocenters. The van der Waals surface area contributed by atoms with Crippen LogP contribution in [0.15, 0.2) is 30.3 Å². The largest absolute Gasteiger partial charge is 0.445 e. The molecule has 0 bridgehead atoms. The van der Waals surface area contributed by atoms with Gasteiger partial charge < -0.3 is 15.0 Å². The van der Waals surface area contributed by atoms with Crippen molar-refractivity contribution in [1.82, 2.24) is 10.2 Å². The predicted octanol–water partition coefficient (Wildman–Crippen LogP) is 2.12. The van der Waals surface area contributed by atoms with Crippen LogP contribution in [0.5, 0.6) is 0 Å². The lowest BCUT2D eigenvalue weighted by Crippen LogP contribution is -2.41. The van der Waals surface area contributed by atoms with Gasteiger partial charge in [0.05, 0.1) is 11.5 Å². The van der Waals surface area contributed by atoms with Crippen LogP contribution in [-0.4, -0.2) is 56.0 Å². The molecule has 8 heteroatoms. The van der Waals surface area contributed by atoms with E-state index >= 15 is 0 Å². The molecule has 150 valence electrons. The Kier molecular flexibility index (Phi) is 8.09. The van der Waals surface area contributed by atoms with E-state index in [-0.39, 0.29) is 36.5 Å². The number of benzene rings is 1. The lowest BCUT2D eigenvalue weighted by atomic mass is 10.1. The Balaban J connectivity index is 1.68. The fourth-order valence-electron chi connectivity index (χ4n) is 3.12. The van der Waals surface area contributed by atoms with E-state index in [4.69, 9.17) is 4.74 Å². The number of rotatable bonds is 9. The van der Waals surface area contributed by atoms with Gasteiger partial charge in [0.1, 0.15) is 6.61 Å². The van der Waals surface area contributed by atoms with Crippen LogP contribution in [0.1, 0.15) is 38.2 Å².